The topological polar surface area (TPSA) is 105 Å². The van der Waals surface area contributed by atoms with Gasteiger partial charge < -0.3 is 30.5 Å². The van der Waals surface area contributed by atoms with Gasteiger partial charge in [0.1, 0.15) is 18.3 Å². The maximum Gasteiger partial charge on any atom is 0.144 e. The van der Waals surface area contributed by atoms with Crippen molar-refractivity contribution in [2.75, 3.05) is 31.6 Å². The van der Waals surface area contributed by atoms with Crippen molar-refractivity contribution in [1.82, 2.24) is 4.90 Å². The van der Waals surface area contributed by atoms with E-state index >= 15 is 0 Å². The first kappa shape index (κ1) is 22.1. The first-order valence-corrected chi connectivity index (χ1v) is 10.6. The zero-order chi connectivity index (χ0) is 20.8. The average Bonchev–Trinajstić information content (AvgIpc) is 2.65. The number of rotatable bonds is 10. The molecule has 2 aliphatic rings. The van der Waals surface area contributed by atoms with E-state index in [0.717, 1.165) is 37.9 Å². The molecule has 2 aliphatic heterocycles. The molecule has 0 radical (unpaired) electrons. The lowest BCUT2D eigenvalue weighted by Crippen LogP contribution is -2.62. The Morgan fingerprint density at radius 1 is 1.10 bits per heavy atom. The van der Waals surface area contributed by atoms with Crippen molar-refractivity contribution in [3.63, 3.8) is 0 Å². The van der Waals surface area contributed by atoms with Gasteiger partial charge in [-0.1, -0.05) is 18.9 Å². The van der Waals surface area contributed by atoms with E-state index in [4.69, 9.17) is 4.74 Å². The first-order valence-electron chi connectivity index (χ1n) is 10.6. The summed E-state index contributed by atoms with van der Waals surface area (Å²) in [5.41, 5.74) is 3.54. The van der Waals surface area contributed by atoms with Crippen LogP contribution in [0, 0.1) is 6.92 Å². The summed E-state index contributed by atoms with van der Waals surface area (Å²) < 4.78 is 5.36. The highest BCUT2D eigenvalue weighted by molar-refractivity contribution is 5.52. The Bertz CT molecular complexity index is 683. The maximum atomic E-state index is 10.0. The number of aliphatic hydroxyl groups is 4. The summed E-state index contributed by atoms with van der Waals surface area (Å²) in [6.45, 7) is 3.76. The molecule has 0 amide bonds. The van der Waals surface area contributed by atoms with Crippen molar-refractivity contribution in [2.24, 2.45) is 0 Å². The number of anilines is 1. The van der Waals surface area contributed by atoms with Crippen molar-refractivity contribution in [3.05, 3.63) is 41.7 Å². The Balaban J connectivity index is 1.31. The zero-order valence-corrected chi connectivity index (χ0v) is 17.1. The molecular formula is C22H34N2O5. The molecule has 7 nitrogen and oxygen atoms in total. The van der Waals surface area contributed by atoms with Crippen LogP contribution in [0.1, 0.15) is 42.9 Å². The molecule has 29 heavy (non-hydrogen) atoms. The summed E-state index contributed by atoms with van der Waals surface area (Å²) in [5, 5.41) is 42.6. The van der Waals surface area contributed by atoms with E-state index in [2.05, 4.69) is 30.4 Å². The van der Waals surface area contributed by atoms with Crippen LogP contribution in [0.4, 0.5) is 5.69 Å². The zero-order valence-electron chi connectivity index (χ0n) is 17.1. The Labute approximate surface area is 172 Å². The highest BCUT2D eigenvalue weighted by Crippen LogP contribution is 2.28. The molecule has 0 aliphatic carbocycles. The highest BCUT2D eigenvalue weighted by Gasteiger charge is 2.40. The number of unbranched alkanes of at least 4 members (excludes halogenated alkanes) is 3. The average molecular weight is 407 g/mol. The van der Waals surface area contributed by atoms with Gasteiger partial charge in [-0.3, -0.25) is 4.90 Å². The molecule has 7 heteroatoms. The molecule has 2 heterocycles. The molecule has 1 saturated heterocycles. The maximum absolute atomic E-state index is 10.0. The lowest BCUT2D eigenvalue weighted by atomic mass is 9.94. The van der Waals surface area contributed by atoms with Crippen LogP contribution < -0.4 is 5.32 Å². The SMILES string of the molecule is Cc1cc(C2C=CO2)ccc1NCCCCCCN1C[C@H](O)[C@@H](O)[C@H](O)[C@H]1CO. The lowest BCUT2D eigenvalue weighted by molar-refractivity contribution is -0.145. The van der Waals surface area contributed by atoms with Gasteiger partial charge in [0.25, 0.3) is 0 Å². The van der Waals surface area contributed by atoms with Crippen molar-refractivity contribution >= 4 is 5.69 Å². The molecule has 1 unspecified atom stereocenters. The fourth-order valence-electron chi connectivity index (χ4n) is 4.06. The van der Waals surface area contributed by atoms with E-state index in [9.17, 15) is 20.4 Å². The monoisotopic (exact) mass is 406 g/mol. The molecule has 0 spiro atoms. The molecule has 0 saturated carbocycles. The number of benzene rings is 1. The van der Waals surface area contributed by atoms with Gasteiger partial charge in [0.2, 0.25) is 0 Å². The van der Waals surface area contributed by atoms with Crippen LogP contribution in [0.2, 0.25) is 0 Å². The summed E-state index contributed by atoms with van der Waals surface area (Å²) >= 11 is 0. The van der Waals surface area contributed by atoms with Gasteiger partial charge in [-0.2, -0.15) is 0 Å². The fourth-order valence-corrected chi connectivity index (χ4v) is 4.06. The van der Waals surface area contributed by atoms with Crippen LogP contribution in [0.5, 0.6) is 0 Å². The number of aryl methyl sites for hydroxylation is 1. The van der Waals surface area contributed by atoms with Crippen LogP contribution in [-0.4, -0.2) is 75.9 Å². The number of nitrogens with zero attached hydrogens (tertiary/aromatic N) is 1. The van der Waals surface area contributed by atoms with Crippen molar-refractivity contribution in [1.29, 1.82) is 0 Å². The molecule has 1 aromatic carbocycles. The molecule has 0 aromatic heterocycles. The minimum atomic E-state index is -1.19. The van der Waals surface area contributed by atoms with E-state index in [-0.39, 0.29) is 19.3 Å². The Kier molecular flexibility index (Phi) is 7.91. The van der Waals surface area contributed by atoms with Gasteiger partial charge in [-0.05, 0) is 55.6 Å². The Morgan fingerprint density at radius 3 is 2.52 bits per heavy atom. The summed E-state index contributed by atoms with van der Waals surface area (Å²) in [6.07, 6.45) is 4.67. The van der Waals surface area contributed by atoms with Gasteiger partial charge in [-0.15, -0.1) is 0 Å². The van der Waals surface area contributed by atoms with Crippen molar-refractivity contribution < 1.29 is 25.2 Å². The molecule has 5 N–H and O–H groups in total. The third-order valence-electron chi connectivity index (χ3n) is 5.96. The van der Waals surface area contributed by atoms with E-state index in [1.165, 1.54) is 11.1 Å². The van der Waals surface area contributed by atoms with Crippen LogP contribution >= 0.6 is 0 Å². The number of hydrogen-bond donors (Lipinski definition) is 5. The molecule has 1 aromatic rings. The van der Waals surface area contributed by atoms with E-state index in [1.807, 2.05) is 11.0 Å². The number of nitrogens with one attached hydrogen (secondary N) is 1. The lowest BCUT2D eigenvalue weighted by Gasteiger charge is -2.43. The Morgan fingerprint density at radius 2 is 1.86 bits per heavy atom. The summed E-state index contributed by atoms with van der Waals surface area (Å²) in [4.78, 5) is 1.88. The highest BCUT2D eigenvalue weighted by atomic mass is 16.5. The number of aliphatic hydroxyl groups excluding tert-OH is 4. The molecule has 0 bridgehead atoms. The Hall–Kier alpha value is -1.64. The van der Waals surface area contributed by atoms with Crippen LogP contribution in [0.3, 0.4) is 0 Å². The summed E-state index contributed by atoms with van der Waals surface area (Å²) in [5.74, 6) is 0. The van der Waals surface area contributed by atoms with Gasteiger partial charge in [-0.25, -0.2) is 0 Å². The van der Waals surface area contributed by atoms with Crippen LogP contribution in [-0.2, 0) is 4.74 Å². The van der Waals surface area contributed by atoms with E-state index in [1.54, 1.807) is 6.26 Å². The second-order valence-electron chi connectivity index (χ2n) is 8.09. The summed E-state index contributed by atoms with van der Waals surface area (Å²) in [7, 11) is 0. The smallest absolute Gasteiger partial charge is 0.144 e. The third-order valence-corrected chi connectivity index (χ3v) is 5.96. The summed E-state index contributed by atoms with van der Waals surface area (Å²) in [6, 6.07) is 5.85. The normalized spacial score (nSPS) is 29.3. The minimum Gasteiger partial charge on any atom is -0.489 e. The quantitative estimate of drug-likeness (QED) is 0.373. The van der Waals surface area contributed by atoms with Gasteiger partial charge >= 0.3 is 0 Å². The third kappa shape index (κ3) is 5.49. The van der Waals surface area contributed by atoms with E-state index in [0.29, 0.717) is 6.54 Å². The fraction of sp³-hybridized carbons (Fsp3) is 0.636. The second-order valence-corrected chi connectivity index (χ2v) is 8.09. The predicted molar refractivity (Wildman–Crippen MR) is 112 cm³/mol. The number of hydrogen-bond acceptors (Lipinski definition) is 7. The number of β-amino-alcohol motifs (C(OH)–C–C–N with tert-alkyl or cyclic N) is 1. The minimum absolute atomic E-state index is 0.0959. The van der Waals surface area contributed by atoms with Gasteiger partial charge in [0.05, 0.1) is 25.0 Å². The van der Waals surface area contributed by atoms with Crippen molar-refractivity contribution in [3.8, 4) is 0 Å². The van der Waals surface area contributed by atoms with Crippen LogP contribution in [0.25, 0.3) is 0 Å². The number of piperidine rings is 1. The molecule has 3 rings (SSSR count). The van der Waals surface area contributed by atoms with Crippen LogP contribution in [0.15, 0.2) is 30.5 Å². The van der Waals surface area contributed by atoms with Gasteiger partial charge in [0, 0.05) is 18.8 Å². The predicted octanol–water partition coefficient (Wildman–Crippen LogP) is 1.31. The van der Waals surface area contributed by atoms with Crippen molar-refractivity contribution in [2.45, 2.75) is 63.1 Å². The number of ether oxygens (including phenoxy) is 1. The molecule has 1 fully saturated rings. The first-order chi connectivity index (χ1) is 14.0. The standard InChI is InChI=1S/C22H34N2O5/c1-15-12-16(20-8-11-29-20)6-7-17(15)23-9-4-2-3-5-10-24-13-19(26)22(28)21(27)18(24)14-25/h6-8,11-12,18-23,25-28H,2-5,9-10,13-14H2,1H3/t18-,19+,20?,21-,22-/m1/s1. The van der Waals surface area contributed by atoms with E-state index < -0.39 is 24.4 Å². The number of likely N-dealkylation sites (tertiary alicyclic amines) is 1. The van der Waals surface area contributed by atoms with Gasteiger partial charge in [0.15, 0.2) is 0 Å². The molecular weight excluding hydrogens is 372 g/mol. The molecule has 162 valence electrons. The molecule has 5 atom stereocenters. The second kappa shape index (κ2) is 10.4. The largest absolute Gasteiger partial charge is 0.489 e.